The van der Waals surface area contributed by atoms with Crippen LogP contribution < -0.4 is 0 Å². The van der Waals surface area contributed by atoms with E-state index in [-0.39, 0.29) is 16.5 Å². The Bertz CT molecular complexity index is 815. The van der Waals surface area contributed by atoms with Crippen LogP contribution in [0.25, 0.3) is 11.1 Å². The third-order valence-corrected chi connectivity index (χ3v) is 4.65. The Balaban J connectivity index is 1.94. The molecule has 0 N–H and O–H groups in total. The number of aryl methyl sites for hydroxylation is 1. The number of rotatable bonds is 3. The minimum Gasteiger partial charge on any atom is -0.440 e. The van der Waals surface area contributed by atoms with E-state index in [1.54, 1.807) is 36.4 Å². The molecule has 102 valence electrons. The second-order valence-corrected chi connectivity index (χ2v) is 6.64. The van der Waals surface area contributed by atoms with Gasteiger partial charge >= 0.3 is 0 Å². The molecule has 3 aromatic rings. The maximum absolute atomic E-state index is 12.3. The summed E-state index contributed by atoms with van der Waals surface area (Å²) in [5, 5.41) is 0. The van der Waals surface area contributed by atoms with Crippen molar-refractivity contribution in [2.24, 2.45) is 0 Å². The molecule has 0 saturated carbocycles. The minimum absolute atomic E-state index is 0.215. The lowest BCUT2D eigenvalue weighted by Crippen LogP contribution is -2.05. The number of para-hydroxylation sites is 2. The van der Waals surface area contributed by atoms with Crippen molar-refractivity contribution in [1.29, 1.82) is 0 Å². The average molecular weight is 287 g/mol. The summed E-state index contributed by atoms with van der Waals surface area (Å²) in [6.45, 7) is 1.91. The minimum atomic E-state index is -3.43. The number of oxazole rings is 1. The summed E-state index contributed by atoms with van der Waals surface area (Å²) in [6, 6.07) is 14.0. The Labute approximate surface area is 117 Å². The molecule has 0 fully saturated rings. The van der Waals surface area contributed by atoms with Gasteiger partial charge in [-0.2, -0.15) is 0 Å². The molecular formula is C15H13NO3S. The highest BCUT2D eigenvalue weighted by molar-refractivity contribution is 7.90. The number of hydrogen-bond acceptors (Lipinski definition) is 4. The molecule has 1 aromatic heterocycles. The quantitative estimate of drug-likeness (QED) is 0.742. The first kappa shape index (κ1) is 12.9. The summed E-state index contributed by atoms with van der Waals surface area (Å²) in [5.41, 5.74) is 2.29. The second kappa shape index (κ2) is 4.76. The van der Waals surface area contributed by atoms with Crippen LogP contribution in [0.2, 0.25) is 0 Å². The van der Waals surface area contributed by atoms with Crippen LogP contribution in [-0.4, -0.2) is 13.4 Å². The Morgan fingerprint density at radius 2 is 1.75 bits per heavy atom. The molecule has 0 radical (unpaired) electrons. The zero-order valence-electron chi connectivity index (χ0n) is 10.9. The van der Waals surface area contributed by atoms with Gasteiger partial charge in [-0.1, -0.05) is 29.8 Å². The van der Waals surface area contributed by atoms with E-state index in [0.29, 0.717) is 11.1 Å². The normalized spacial score (nSPS) is 11.8. The first-order valence-electron chi connectivity index (χ1n) is 6.18. The van der Waals surface area contributed by atoms with Crippen LogP contribution in [0.15, 0.2) is 57.8 Å². The lowest BCUT2D eigenvalue weighted by atomic mass is 10.2. The maximum atomic E-state index is 12.3. The zero-order chi connectivity index (χ0) is 14.2. The zero-order valence-corrected chi connectivity index (χ0v) is 11.7. The number of sulfone groups is 1. The van der Waals surface area contributed by atoms with Gasteiger partial charge in [0.2, 0.25) is 5.89 Å². The van der Waals surface area contributed by atoms with Crippen molar-refractivity contribution in [1.82, 2.24) is 4.98 Å². The highest BCUT2D eigenvalue weighted by Gasteiger charge is 2.19. The van der Waals surface area contributed by atoms with Crippen LogP contribution in [-0.2, 0) is 15.6 Å². The molecule has 0 atom stereocenters. The third kappa shape index (κ3) is 2.44. The fraction of sp³-hybridized carbons (Fsp3) is 0.133. The van der Waals surface area contributed by atoms with Crippen LogP contribution in [0.3, 0.4) is 0 Å². The Kier molecular flexibility index (Phi) is 3.06. The van der Waals surface area contributed by atoms with Crippen LogP contribution in [0.1, 0.15) is 11.5 Å². The van der Waals surface area contributed by atoms with Crippen LogP contribution in [0.5, 0.6) is 0 Å². The van der Waals surface area contributed by atoms with E-state index in [1.165, 1.54) is 0 Å². The predicted octanol–water partition coefficient (Wildman–Crippen LogP) is 3.11. The van der Waals surface area contributed by atoms with Crippen LogP contribution >= 0.6 is 0 Å². The van der Waals surface area contributed by atoms with Gasteiger partial charge in [-0.15, -0.1) is 0 Å². The summed E-state index contributed by atoms with van der Waals surface area (Å²) in [7, 11) is -3.43. The molecule has 0 aliphatic heterocycles. The van der Waals surface area contributed by atoms with Crippen LogP contribution in [0, 0.1) is 6.92 Å². The van der Waals surface area contributed by atoms with Crippen LogP contribution in [0.4, 0.5) is 0 Å². The monoisotopic (exact) mass is 287 g/mol. The molecule has 20 heavy (non-hydrogen) atoms. The van der Waals surface area contributed by atoms with Crippen molar-refractivity contribution < 1.29 is 12.8 Å². The van der Waals surface area contributed by atoms with E-state index in [1.807, 2.05) is 19.1 Å². The molecule has 0 bridgehead atoms. The lowest BCUT2D eigenvalue weighted by molar-refractivity contribution is 0.540. The summed E-state index contributed by atoms with van der Waals surface area (Å²) >= 11 is 0. The van der Waals surface area contributed by atoms with Crippen molar-refractivity contribution in [2.75, 3.05) is 0 Å². The molecule has 1 heterocycles. The van der Waals surface area contributed by atoms with Crippen molar-refractivity contribution in [3.05, 3.63) is 60.0 Å². The largest absolute Gasteiger partial charge is 0.440 e. The van der Waals surface area contributed by atoms with E-state index < -0.39 is 9.84 Å². The lowest BCUT2D eigenvalue weighted by Gasteiger charge is -2.02. The topological polar surface area (TPSA) is 60.2 Å². The maximum Gasteiger partial charge on any atom is 0.211 e. The van der Waals surface area contributed by atoms with Crippen molar-refractivity contribution >= 4 is 20.9 Å². The van der Waals surface area contributed by atoms with Crippen molar-refractivity contribution in [2.45, 2.75) is 17.6 Å². The Morgan fingerprint density at radius 3 is 2.45 bits per heavy atom. The van der Waals surface area contributed by atoms with Gasteiger partial charge in [-0.25, -0.2) is 13.4 Å². The molecule has 0 saturated heterocycles. The van der Waals surface area contributed by atoms with E-state index >= 15 is 0 Å². The van der Waals surface area contributed by atoms with E-state index in [9.17, 15) is 8.42 Å². The molecule has 0 spiro atoms. The standard InChI is InChI=1S/C15H13NO3S/c1-11-6-8-12(9-7-11)20(17,18)10-15-16-13-4-2-3-5-14(13)19-15/h2-9H,10H2,1H3. The first-order valence-corrected chi connectivity index (χ1v) is 7.84. The number of aromatic nitrogens is 1. The first-order chi connectivity index (χ1) is 9.54. The number of benzene rings is 2. The summed E-state index contributed by atoms with van der Waals surface area (Å²) in [4.78, 5) is 4.48. The molecule has 4 nitrogen and oxygen atoms in total. The Hall–Kier alpha value is -2.14. The molecule has 0 unspecified atom stereocenters. The fourth-order valence-electron chi connectivity index (χ4n) is 1.97. The number of nitrogens with zero attached hydrogens (tertiary/aromatic N) is 1. The summed E-state index contributed by atoms with van der Waals surface area (Å²) < 4.78 is 30.0. The van der Waals surface area contributed by atoms with Gasteiger partial charge in [0, 0.05) is 0 Å². The SMILES string of the molecule is Cc1ccc(S(=O)(=O)Cc2nc3ccccc3o2)cc1. The average Bonchev–Trinajstić information content (AvgIpc) is 2.80. The van der Waals surface area contributed by atoms with Gasteiger partial charge in [-0.3, -0.25) is 0 Å². The molecule has 2 aromatic carbocycles. The van der Waals surface area contributed by atoms with Gasteiger partial charge < -0.3 is 4.42 Å². The summed E-state index contributed by atoms with van der Waals surface area (Å²) in [5.74, 6) is -0.0168. The molecular weight excluding hydrogens is 274 g/mol. The molecule has 0 aliphatic carbocycles. The highest BCUT2D eigenvalue weighted by atomic mass is 32.2. The van der Waals surface area contributed by atoms with Gasteiger partial charge in [0.1, 0.15) is 11.3 Å². The van der Waals surface area contributed by atoms with Gasteiger partial charge in [0.05, 0.1) is 4.90 Å². The number of hydrogen-bond donors (Lipinski definition) is 0. The number of fused-ring (bicyclic) bond motifs is 1. The summed E-state index contributed by atoms with van der Waals surface area (Å²) in [6.07, 6.45) is 0. The second-order valence-electron chi connectivity index (χ2n) is 4.65. The highest BCUT2D eigenvalue weighted by Crippen LogP contribution is 2.20. The molecule has 3 rings (SSSR count). The van der Waals surface area contributed by atoms with Gasteiger partial charge in [0.15, 0.2) is 15.4 Å². The van der Waals surface area contributed by atoms with Gasteiger partial charge in [0.25, 0.3) is 0 Å². The smallest absolute Gasteiger partial charge is 0.211 e. The molecule has 5 heteroatoms. The van der Waals surface area contributed by atoms with Gasteiger partial charge in [-0.05, 0) is 31.2 Å². The van der Waals surface area contributed by atoms with E-state index in [0.717, 1.165) is 5.56 Å². The van der Waals surface area contributed by atoms with Crippen molar-refractivity contribution in [3.63, 3.8) is 0 Å². The van der Waals surface area contributed by atoms with Crippen molar-refractivity contribution in [3.8, 4) is 0 Å². The molecule has 0 aliphatic rings. The molecule has 0 amide bonds. The van der Waals surface area contributed by atoms with E-state index in [2.05, 4.69) is 4.98 Å². The predicted molar refractivity (Wildman–Crippen MR) is 76.1 cm³/mol. The third-order valence-electron chi connectivity index (χ3n) is 3.03. The van der Waals surface area contributed by atoms with E-state index in [4.69, 9.17) is 4.42 Å². The fourth-order valence-corrected chi connectivity index (χ4v) is 3.14. The Morgan fingerprint density at radius 1 is 1.05 bits per heavy atom.